The van der Waals surface area contributed by atoms with Crippen LogP contribution in [0.2, 0.25) is 0 Å². The molecule has 1 aromatic carbocycles. The molecule has 0 saturated heterocycles. The fraction of sp³-hybridized carbons (Fsp3) is 0.444. The number of carbonyl (C=O) groups excluding carboxylic acids is 1. The number of nitrogens with one attached hydrogen (secondary N) is 1. The minimum absolute atomic E-state index is 0.244. The molecule has 0 aliphatic rings. The number of nitrogens with two attached hydrogens (primary N) is 1. The third kappa shape index (κ3) is 4.96. The zero-order valence-corrected chi connectivity index (χ0v) is 14.9. The molecule has 0 saturated carbocycles. The predicted octanol–water partition coefficient (Wildman–Crippen LogP) is 2.46. The first kappa shape index (κ1) is 18.8. The molecule has 0 spiro atoms. The Morgan fingerprint density at radius 2 is 2.08 bits per heavy atom. The second-order valence-electron chi connectivity index (χ2n) is 5.66. The molecular formula is C18H25N3O4. The minimum Gasteiger partial charge on any atom is -0.493 e. The van der Waals surface area contributed by atoms with Crippen LogP contribution < -0.4 is 20.5 Å². The van der Waals surface area contributed by atoms with Crippen molar-refractivity contribution in [3.05, 3.63) is 41.6 Å². The summed E-state index contributed by atoms with van der Waals surface area (Å²) in [5.74, 6) is 1.46. The number of nitrogens with zero attached hydrogens (tertiary/aromatic N) is 1. The van der Waals surface area contributed by atoms with E-state index >= 15 is 0 Å². The zero-order valence-electron chi connectivity index (χ0n) is 14.9. The van der Waals surface area contributed by atoms with Gasteiger partial charge in [-0.15, -0.1) is 0 Å². The molecule has 1 heterocycles. The average molecular weight is 347 g/mol. The molecule has 2 rings (SSSR count). The number of oxazole rings is 1. The molecule has 1 atom stereocenters. The van der Waals surface area contributed by atoms with Gasteiger partial charge in [0, 0.05) is 6.54 Å². The Balaban J connectivity index is 1.88. The van der Waals surface area contributed by atoms with E-state index in [9.17, 15) is 4.79 Å². The van der Waals surface area contributed by atoms with Crippen molar-refractivity contribution < 1.29 is 18.7 Å². The molecule has 1 amide bonds. The van der Waals surface area contributed by atoms with E-state index in [1.165, 1.54) is 6.26 Å². The van der Waals surface area contributed by atoms with Crippen molar-refractivity contribution in [1.29, 1.82) is 0 Å². The van der Waals surface area contributed by atoms with Gasteiger partial charge in [0.25, 0.3) is 5.91 Å². The van der Waals surface area contributed by atoms with Gasteiger partial charge in [-0.3, -0.25) is 4.79 Å². The SMILES string of the molecule is CCCC(N)c1nc(C(=O)NCCc2ccc(OC)c(OC)c2)co1. The number of aromatic nitrogens is 1. The van der Waals surface area contributed by atoms with Crippen molar-refractivity contribution in [3.63, 3.8) is 0 Å². The number of hydrogen-bond donors (Lipinski definition) is 2. The quantitative estimate of drug-likeness (QED) is 0.723. The molecule has 0 aliphatic carbocycles. The largest absolute Gasteiger partial charge is 0.493 e. The van der Waals surface area contributed by atoms with Crippen LogP contribution >= 0.6 is 0 Å². The van der Waals surface area contributed by atoms with Crippen LogP contribution in [0.15, 0.2) is 28.9 Å². The van der Waals surface area contributed by atoms with E-state index in [0.717, 1.165) is 18.4 Å². The van der Waals surface area contributed by atoms with Gasteiger partial charge in [-0.25, -0.2) is 4.98 Å². The van der Waals surface area contributed by atoms with Gasteiger partial charge in [0.15, 0.2) is 17.2 Å². The Morgan fingerprint density at radius 3 is 2.76 bits per heavy atom. The van der Waals surface area contributed by atoms with E-state index in [0.29, 0.717) is 30.4 Å². The first-order valence-electron chi connectivity index (χ1n) is 8.29. The molecule has 7 nitrogen and oxygen atoms in total. The Kier molecular flexibility index (Phi) is 6.82. The maximum Gasteiger partial charge on any atom is 0.273 e. The average Bonchev–Trinajstić information content (AvgIpc) is 3.12. The molecule has 25 heavy (non-hydrogen) atoms. The minimum atomic E-state index is -0.279. The summed E-state index contributed by atoms with van der Waals surface area (Å²) in [5, 5.41) is 2.82. The van der Waals surface area contributed by atoms with Gasteiger partial charge in [-0.1, -0.05) is 19.4 Å². The standard InChI is InChI=1S/C18H25N3O4/c1-4-5-13(19)18-21-14(11-25-18)17(22)20-9-8-12-6-7-15(23-2)16(10-12)24-3/h6-7,10-11,13H,4-5,8-9,19H2,1-3H3,(H,20,22). The second-order valence-corrected chi connectivity index (χ2v) is 5.66. The van der Waals surface area contributed by atoms with Crippen molar-refractivity contribution in [3.8, 4) is 11.5 Å². The van der Waals surface area contributed by atoms with Crippen LogP contribution in [0.5, 0.6) is 11.5 Å². The summed E-state index contributed by atoms with van der Waals surface area (Å²) in [7, 11) is 3.19. The molecule has 0 fully saturated rings. The van der Waals surface area contributed by atoms with Crippen LogP contribution in [-0.2, 0) is 6.42 Å². The maximum absolute atomic E-state index is 12.1. The van der Waals surface area contributed by atoms with Crippen LogP contribution in [0.1, 0.15) is 47.7 Å². The Labute approximate surface area is 147 Å². The fourth-order valence-electron chi connectivity index (χ4n) is 2.44. The number of methoxy groups -OCH3 is 2. The van der Waals surface area contributed by atoms with Gasteiger partial charge in [0.05, 0.1) is 20.3 Å². The highest BCUT2D eigenvalue weighted by Crippen LogP contribution is 2.27. The summed E-state index contributed by atoms with van der Waals surface area (Å²) in [6, 6.07) is 5.39. The van der Waals surface area contributed by atoms with E-state index in [1.54, 1.807) is 14.2 Å². The number of carbonyl (C=O) groups is 1. The molecule has 1 unspecified atom stereocenters. The van der Waals surface area contributed by atoms with Crippen LogP contribution in [-0.4, -0.2) is 31.7 Å². The molecule has 3 N–H and O–H groups in total. The Hall–Kier alpha value is -2.54. The zero-order chi connectivity index (χ0) is 18.2. The van der Waals surface area contributed by atoms with Crippen molar-refractivity contribution >= 4 is 5.91 Å². The summed E-state index contributed by atoms with van der Waals surface area (Å²) in [6.07, 6.45) is 3.69. The lowest BCUT2D eigenvalue weighted by atomic mass is 10.1. The van der Waals surface area contributed by atoms with Crippen molar-refractivity contribution in [2.24, 2.45) is 5.73 Å². The molecule has 1 aromatic heterocycles. The van der Waals surface area contributed by atoms with Gasteiger partial charge in [0.1, 0.15) is 6.26 Å². The molecule has 0 aliphatic heterocycles. The van der Waals surface area contributed by atoms with Crippen molar-refractivity contribution in [2.45, 2.75) is 32.2 Å². The summed E-state index contributed by atoms with van der Waals surface area (Å²) < 4.78 is 15.8. The van der Waals surface area contributed by atoms with Gasteiger partial charge >= 0.3 is 0 Å². The highest BCUT2D eigenvalue weighted by molar-refractivity contribution is 5.91. The van der Waals surface area contributed by atoms with E-state index in [1.807, 2.05) is 25.1 Å². The van der Waals surface area contributed by atoms with Gasteiger partial charge in [-0.05, 0) is 30.5 Å². The molecule has 136 valence electrons. The third-order valence-corrected chi connectivity index (χ3v) is 3.82. The van der Waals surface area contributed by atoms with Crippen LogP contribution in [0.3, 0.4) is 0 Å². The first-order chi connectivity index (χ1) is 12.1. The van der Waals surface area contributed by atoms with Crippen molar-refractivity contribution in [1.82, 2.24) is 10.3 Å². The normalized spacial score (nSPS) is 11.8. The van der Waals surface area contributed by atoms with E-state index in [2.05, 4.69) is 10.3 Å². The lowest BCUT2D eigenvalue weighted by Crippen LogP contribution is -2.26. The van der Waals surface area contributed by atoms with Crippen LogP contribution in [0, 0.1) is 0 Å². The lowest BCUT2D eigenvalue weighted by Gasteiger charge is -2.09. The Bertz CT molecular complexity index is 699. The molecule has 0 radical (unpaired) electrons. The monoisotopic (exact) mass is 347 g/mol. The first-order valence-corrected chi connectivity index (χ1v) is 8.29. The van der Waals surface area contributed by atoms with Gasteiger partial charge in [-0.2, -0.15) is 0 Å². The summed E-state index contributed by atoms with van der Waals surface area (Å²) >= 11 is 0. The van der Waals surface area contributed by atoms with Gasteiger partial charge < -0.3 is 24.9 Å². The number of benzene rings is 1. The maximum atomic E-state index is 12.1. The van der Waals surface area contributed by atoms with E-state index in [-0.39, 0.29) is 17.6 Å². The smallest absolute Gasteiger partial charge is 0.273 e. The fourth-order valence-corrected chi connectivity index (χ4v) is 2.44. The van der Waals surface area contributed by atoms with Crippen molar-refractivity contribution in [2.75, 3.05) is 20.8 Å². The molecule has 0 bridgehead atoms. The topological polar surface area (TPSA) is 99.6 Å². The summed E-state index contributed by atoms with van der Waals surface area (Å²) in [6.45, 7) is 2.50. The summed E-state index contributed by atoms with van der Waals surface area (Å²) in [5.41, 5.74) is 7.21. The highest BCUT2D eigenvalue weighted by Gasteiger charge is 2.16. The number of hydrogen-bond acceptors (Lipinski definition) is 6. The second kappa shape index (κ2) is 9.08. The summed E-state index contributed by atoms with van der Waals surface area (Å²) in [4.78, 5) is 16.3. The molecular weight excluding hydrogens is 322 g/mol. The van der Waals surface area contributed by atoms with Crippen LogP contribution in [0.4, 0.5) is 0 Å². The van der Waals surface area contributed by atoms with E-state index in [4.69, 9.17) is 19.6 Å². The predicted molar refractivity (Wildman–Crippen MR) is 93.9 cm³/mol. The molecule has 7 heteroatoms. The van der Waals surface area contributed by atoms with Crippen LogP contribution in [0.25, 0.3) is 0 Å². The number of amides is 1. The Morgan fingerprint density at radius 1 is 1.32 bits per heavy atom. The highest BCUT2D eigenvalue weighted by atomic mass is 16.5. The van der Waals surface area contributed by atoms with Gasteiger partial charge in [0.2, 0.25) is 5.89 Å². The third-order valence-electron chi connectivity index (χ3n) is 3.82. The lowest BCUT2D eigenvalue weighted by molar-refractivity contribution is 0.0949. The number of rotatable bonds is 9. The number of ether oxygens (including phenoxy) is 2. The molecule has 2 aromatic rings. The van der Waals surface area contributed by atoms with E-state index < -0.39 is 0 Å².